The second-order valence-corrected chi connectivity index (χ2v) is 16.5. The first-order valence-electron chi connectivity index (χ1n) is 24.7. The summed E-state index contributed by atoms with van der Waals surface area (Å²) < 4.78 is 5.80. The molecule has 0 aromatic heterocycles. The van der Waals surface area contributed by atoms with Crippen molar-refractivity contribution in [1.82, 2.24) is 5.32 Å². The van der Waals surface area contributed by atoms with Crippen molar-refractivity contribution >= 4 is 11.9 Å². The molecule has 340 valence electrons. The minimum atomic E-state index is -0.822. The number of allylic oxidation sites excluding steroid dienone is 11. The van der Waals surface area contributed by atoms with Crippen LogP contribution >= 0.6 is 0 Å². The Kier molecular flexibility index (Phi) is 44.2. The molecule has 3 atom stereocenters. The summed E-state index contributed by atoms with van der Waals surface area (Å²) in [6.45, 7) is 6.31. The van der Waals surface area contributed by atoms with E-state index >= 15 is 0 Å². The summed E-state index contributed by atoms with van der Waals surface area (Å²) >= 11 is 0. The van der Waals surface area contributed by atoms with E-state index in [1.807, 2.05) is 6.08 Å². The average Bonchev–Trinajstić information content (AvgIpc) is 3.23. The number of rotatable bonds is 43. The Morgan fingerprint density at radius 2 is 0.949 bits per heavy atom. The highest BCUT2D eigenvalue weighted by Gasteiger charge is 2.23. The third kappa shape index (κ3) is 41.8. The molecule has 0 fully saturated rings. The summed E-state index contributed by atoms with van der Waals surface area (Å²) in [6, 6.07) is -0.746. The minimum Gasteiger partial charge on any atom is -0.458 e. The quantitative estimate of drug-likeness (QED) is 0.0323. The SMILES string of the molecule is CC/C=C/C/C=C/C/C=C/C/C=C/C/C=C/C(CC(=O)NC(CO)C(O)CCCCCCCCCCCCCC)OC(=O)CCCCC/C=C\CCCCCCCCC. The van der Waals surface area contributed by atoms with Crippen molar-refractivity contribution in [3.63, 3.8) is 0 Å². The Labute approximate surface area is 364 Å². The molecule has 1 amide bonds. The summed E-state index contributed by atoms with van der Waals surface area (Å²) in [5, 5.41) is 23.6. The van der Waals surface area contributed by atoms with Crippen molar-refractivity contribution in [1.29, 1.82) is 0 Å². The molecule has 3 N–H and O–H groups in total. The summed E-state index contributed by atoms with van der Waals surface area (Å²) in [5.41, 5.74) is 0. The van der Waals surface area contributed by atoms with Crippen LogP contribution in [-0.4, -0.2) is 46.9 Å². The van der Waals surface area contributed by atoms with E-state index in [9.17, 15) is 19.8 Å². The molecule has 0 aromatic rings. The number of carbonyl (C=O) groups excluding carboxylic acids is 2. The molecule has 0 heterocycles. The molecule has 0 saturated heterocycles. The van der Waals surface area contributed by atoms with E-state index in [2.05, 4.69) is 86.8 Å². The largest absolute Gasteiger partial charge is 0.458 e. The Morgan fingerprint density at radius 1 is 0.525 bits per heavy atom. The van der Waals surface area contributed by atoms with Crippen LogP contribution < -0.4 is 5.32 Å². The van der Waals surface area contributed by atoms with Gasteiger partial charge in [0.2, 0.25) is 5.91 Å². The van der Waals surface area contributed by atoms with Gasteiger partial charge in [0.05, 0.1) is 25.2 Å². The Bertz CT molecular complexity index is 1110. The van der Waals surface area contributed by atoms with Gasteiger partial charge in [-0.05, 0) is 76.7 Å². The van der Waals surface area contributed by atoms with Crippen LogP contribution in [0.5, 0.6) is 0 Å². The third-order valence-corrected chi connectivity index (χ3v) is 10.8. The van der Waals surface area contributed by atoms with Crippen LogP contribution in [-0.2, 0) is 14.3 Å². The molecule has 0 bridgehead atoms. The molecule has 0 spiro atoms. The Morgan fingerprint density at radius 3 is 1.42 bits per heavy atom. The molecule has 0 aliphatic heterocycles. The molecule has 6 nitrogen and oxygen atoms in total. The number of carbonyl (C=O) groups is 2. The predicted molar refractivity (Wildman–Crippen MR) is 255 cm³/mol. The highest BCUT2D eigenvalue weighted by Crippen LogP contribution is 2.15. The normalized spacial score (nSPS) is 13.9. The first kappa shape index (κ1) is 56.3. The van der Waals surface area contributed by atoms with Crippen LogP contribution in [0.4, 0.5) is 0 Å². The number of aliphatic hydroxyl groups excluding tert-OH is 2. The van der Waals surface area contributed by atoms with Gasteiger partial charge in [0, 0.05) is 6.42 Å². The zero-order valence-electron chi connectivity index (χ0n) is 38.6. The molecular weight excluding hydrogens is 731 g/mol. The fourth-order valence-electron chi connectivity index (χ4n) is 7.03. The lowest BCUT2D eigenvalue weighted by atomic mass is 10.0. The van der Waals surface area contributed by atoms with Crippen molar-refractivity contribution in [2.75, 3.05) is 6.61 Å². The van der Waals surface area contributed by atoms with Crippen molar-refractivity contribution in [2.45, 2.75) is 244 Å². The zero-order chi connectivity index (χ0) is 43.1. The van der Waals surface area contributed by atoms with Crippen LogP contribution in [0.15, 0.2) is 72.9 Å². The van der Waals surface area contributed by atoms with E-state index < -0.39 is 18.2 Å². The number of aliphatic hydroxyl groups is 2. The number of nitrogens with one attached hydrogen (secondary N) is 1. The second-order valence-electron chi connectivity index (χ2n) is 16.5. The van der Waals surface area contributed by atoms with Crippen LogP contribution in [0, 0.1) is 0 Å². The minimum absolute atomic E-state index is 0.0538. The number of amides is 1. The van der Waals surface area contributed by atoms with E-state index in [0.29, 0.717) is 19.3 Å². The van der Waals surface area contributed by atoms with Gasteiger partial charge >= 0.3 is 5.97 Å². The maximum Gasteiger partial charge on any atom is 0.306 e. The standard InChI is InChI=1S/C53H93NO5/c1-4-7-10-13-16-19-22-25-27-29-32-35-38-41-44-49(59-53(58)46-43-40-37-34-31-28-26-23-20-17-14-11-8-5-2)47-52(57)54-50(48-55)51(56)45-42-39-36-33-30-24-21-18-15-12-9-6-3/h7,10,16,19,25,27-28,31-32,35,41,44,49-51,55-56H,4-6,8-9,11-15,17-18,20-24,26,29-30,33-34,36-40,42-43,45-48H2,1-3H3,(H,54,57)/b10-7+,19-16+,27-25+,31-28-,35-32+,44-41+. The summed E-state index contributed by atoms with van der Waals surface area (Å²) in [5.74, 6) is -0.650. The lowest BCUT2D eigenvalue weighted by molar-refractivity contribution is -0.148. The second kappa shape index (κ2) is 46.4. The first-order chi connectivity index (χ1) is 29.0. The maximum atomic E-state index is 13.1. The van der Waals surface area contributed by atoms with Crippen LogP contribution in [0.3, 0.4) is 0 Å². The molecule has 0 saturated carbocycles. The smallest absolute Gasteiger partial charge is 0.306 e. The van der Waals surface area contributed by atoms with E-state index in [4.69, 9.17) is 4.74 Å². The third-order valence-electron chi connectivity index (χ3n) is 10.8. The van der Waals surface area contributed by atoms with Gasteiger partial charge in [0.25, 0.3) is 0 Å². The summed E-state index contributed by atoms with van der Waals surface area (Å²) in [6.07, 6.45) is 58.5. The van der Waals surface area contributed by atoms with Crippen molar-refractivity contribution in [3.05, 3.63) is 72.9 Å². The topological polar surface area (TPSA) is 95.9 Å². The van der Waals surface area contributed by atoms with Crippen molar-refractivity contribution < 1.29 is 24.5 Å². The summed E-state index contributed by atoms with van der Waals surface area (Å²) in [4.78, 5) is 26.0. The van der Waals surface area contributed by atoms with Gasteiger partial charge in [-0.15, -0.1) is 0 Å². The van der Waals surface area contributed by atoms with Crippen molar-refractivity contribution in [3.8, 4) is 0 Å². The van der Waals surface area contributed by atoms with E-state index in [0.717, 1.165) is 77.0 Å². The molecular formula is C53H93NO5. The lowest BCUT2D eigenvalue weighted by Crippen LogP contribution is -2.46. The molecule has 0 aromatic carbocycles. The molecule has 0 aliphatic carbocycles. The number of unbranched alkanes of at least 4 members (excludes halogenated alkanes) is 21. The Hall–Kier alpha value is -2.70. The molecule has 59 heavy (non-hydrogen) atoms. The molecule has 0 rings (SSSR count). The fraction of sp³-hybridized carbons (Fsp3) is 0.736. The monoisotopic (exact) mass is 824 g/mol. The van der Waals surface area contributed by atoms with Crippen LogP contribution in [0.2, 0.25) is 0 Å². The van der Waals surface area contributed by atoms with Crippen LogP contribution in [0.1, 0.15) is 226 Å². The number of ether oxygens (including phenoxy) is 1. The van der Waals surface area contributed by atoms with Gasteiger partial charge in [0.1, 0.15) is 6.10 Å². The van der Waals surface area contributed by atoms with Crippen LogP contribution in [0.25, 0.3) is 0 Å². The molecule has 0 aliphatic rings. The van der Waals surface area contributed by atoms with Gasteiger partial charge in [-0.2, -0.15) is 0 Å². The number of esters is 1. The zero-order valence-corrected chi connectivity index (χ0v) is 38.6. The first-order valence-corrected chi connectivity index (χ1v) is 24.7. The number of hydrogen-bond donors (Lipinski definition) is 3. The number of hydrogen-bond acceptors (Lipinski definition) is 5. The predicted octanol–water partition coefficient (Wildman–Crippen LogP) is 14.6. The lowest BCUT2D eigenvalue weighted by Gasteiger charge is -2.23. The highest BCUT2D eigenvalue weighted by atomic mass is 16.5. The van der Waals surface area contributed by atoms with Crippen molar-refractivity contribution in [2.24, 2.45) is 0 Å². The van der Waals surface area contributed by atoms with E-state index in [-0.39, 0.29) is 24.9 Å². The van der Waals surface area contributed by atoms with Gasteiger partial charge in [-0.3, -0.25) is 9.59 Å². The van der Waals surface area contributed by atoms with Gasteiger partial charge < -0.3 is 20.3 Å². The van der Waals surface area contributed by atoms with Gasteiger partial charge in [-0.1, -0.05) is 210 Å². The average molecular weight is 824 g/mol. The Balaban J connectivity index is 4.77. The van der Waals surface area contributed by atoms with E-state index in [1.165, 1.54) is 103 Å². The van der Waals surface area contributed by atoms with Gasteiger partial charge in [-0.25, -0.2) is 0 Å². The van der Waals surface area contributed by atoms with Gasteiger partial charge in [0.15, 0.2) is 0 Å². The maximum absolute atomic E-state index is 13.1. The summed E-state index contributed by atoms with van der Waals surface area (Å²) in [7, 11) is 0. The van der Waals surface area contributed by atoms with E-state index in [1.54, 1.807) is 6.08 Å². The molecule has 3 unspecified atom stereocenters. The highest BCUT2D eigenvalue weighted by molar-refractivity contribution is 5.78. The molecule has 0 radical (unpaired) electrons. The fourth-order valence-corrected chi connectivity index (χ4v) is 7.03. The molecule has 6 heteroatoms.